The van der Waals surface area contributed by atoms with E-state index in [0.29, 0.717) is 12.6 Å². The molecule has 0 saturated heterocycles. The third-order valence-corrected chi connectivity index (χ3v) is 3.06. The van der Waals surface area contributed by atoms with E-state index in [9.17, 15) is 0 Å². The molecule has 0 radical (unpaired) electrons. The fourth-order valence-corrected chi connectivity index (χ4v) is 1.84. The minimum atomic E-state index is 0.302. The highest BCUT2D eigenvalue weighted by Crippen LogP contribution is 2.25. The SMILES string of the molecule is CC(c1ccccc1Cl)N(C)CC=CCN. The summed E-state index contributed by atoms with van der Waals surface area (Å²) in [5, 5.41) is 0.824. The van der Waals surface area contributed by atoms with E-state index in [-0.39, 0.29) is 0 Å². The Morgan fingerprint density at radius 1 is 1.38 bits per heavy atom. The molecule has 88 valence electrons. The Kier molecular flexibility index (Phi) is 5.53. The van der Waals surface area contributed by atoms with Crippen molar-refractivity contribution < 1.29 is 0 Å². The van der Waals surface area contributed by atoms with Crippen LogP contribution in [0.15, 0.2) is 36.4 Å². The lowest BCUT2D eigenvalue weighted by atomic mass is 10.1. The van der Waals surface area contributed by atoms with Gasteiger partial charge in [-0.25, -0.2) is 0 Å². The molecule has 2 N–H and O–H groups in total. The van der Waals surface area contributed by atoms with Gasteiger partial charge in [0.25, 0.3) is 0 Å². The van der Waals surface area contributed by atoms with Crippen molar-refractivity contribution in [3.63, 3.8) is 0 Å². The van der Waals surface area contributed by atoms with E-state index in [1.165, 1.54) is 0 Å². The summed E-state index contributed by atoms with van der Waals surface area (Å²) >= 11 is 6.16. The molecule has 0 aliphatic heterocycles. The molecule has 1 rings (SSSR count). The number of halogens is 1. The van der Waals surface area contributed by atoms with E-state index in [0.717, 1.165) is 17.1 Å². The van der Waals surface area contributed by atoms with Crippen LogP contribution in [0, 0.1) is 0 Å². The molecule has 16 heavy (non-hydrogen) atoms. The second-order valence-electron chi connectivity index (χ2n) is 3.84. The maximum Gasteiger partial charge on any atom is 0.0453 e. The molecule has 0 spiro atoms. The van der Waals surface area contributed by atoms with E-state index >= 15 is 0 Å². The number of nitrogens with two attached hydrogens (primary N) is 1. The van der Waals surface area contributed by atoms with Gasteiger partial charge < -0.3 is 5.73 Å². The Morgan fingerprint density at radius 2 is 2.06 bits per heavy atom. The average molecular weight is 239 g/mol. The second kappa shape index (κ2) is 6.69. The first kappa shape index (κ1) is 13.2. The zero-order valence-electron chi connectivity index (χ0n) is 9.86. The van der Waals surface area contributed by atoms with Crippen LogP contribution in [-0.2, 0) is 0 Å². The van der Waals surface area contributed by atoms with Gasteiger partial charge in [-0.1, -0.05) is 42.0 Å². The lowest BCUT2D eigenvalue weighted by Crippen LogP contribution is -2.22. The topological polar surface area (TPSA) is 29.3 Å². The molecule has 2 nitrogen and oxygen atoms in total. The molecule has 0 bridgehead atoms. The van der Waals surface area contributed by atoms with Crippen LogP contribution in [0.4, 0.5) is 0 Å². The molecule has 1 aromatic rings. The highest BCUT2D eigenvalue weighted by Gasteiger charge is 2.12. The van der Waals surface area contributed by atoms with Crippen molar-refractivity contribution in [3.8, 4) is 0 Å². The number of hydrogen-bond acceptors (Lipinski definition) is 2. The fourth-order valence-electron chi connectivity index (χ4n) is 1.55. The average Bonchev–Trinajstić information content (AvgIpc) is 2.29. The monoisotopic (exact) mass is 238 g/mol. The van der Waals surface area contributed by atoms with Crippen molar-refractivity contribution in [1.29, 1.82) is 0 Å². The summed E-state index contributed by atoms with van der Waals surface area (Å²) in [5.74, 6) is 0. The molecule has 0 fully saturated rings. The van der Waals surface area contributed by atoms with E-state index < -0.39 is 0 Å². The molecular weight excluding hydrogens is 220 g/mol. The van der Waals surface area contributed by atoms with E-state index in [1.54, 1.807) is 0 Å². The van der Waals surface area contributed by atoms with Crippen molar-refractivity contribution in [2.24, 2.45) is 5.73 Å². The molecule has 0 aliphatic carbocycles. The van der Waals surface area contributed by atoms with Gasteiger partial charge in [0, 0.05) is 24.2 Å². The van der Waals surface area contributed by atoms with E-state index in [2.05, 4.69) is 31.0 Å². The van der Waals surface area contributed by atoms with Gasteiger partial charge in [-0.05, 0) is 25.6 Å². The molecule has 1 atom stereocenters. The lowest BCUT2D eigenvalue weighted by Gasteiger charge is -2.24. The zero-order chi connectivity index (χ0) is 12.0. The Morgan fingerprint density at radius 3 is 2.69 bits per heavy atom. The fraction of sp³-hybridized carbons (Fsp3) is 0.385. The molecule has 0 heterocycles. The Bertz CT molecular complexity index is 350. The largest absolute Gasteiger partial charge is 0.327 e. The summed E-state index contributed by atoms with van der Waals surface area (Å²) in [6.45, 7) is 3.62. The van der Waals surface area contributed by atoms with Crippen molar-refractivity contribution in [2.45, 2.75) is 13.0 Å². The number of benzene rings is 1. The van der Waals surface area contributed by atoms with Gasteiger partial charge in [0.05, 0.1) is 0 Å². The zero-order valence-corrected chi connectivity index (χ0v) is 10.6. The van der Waals surface area contributed by atoms with Crippen LogP contribution < -0.4 is 5.73 Å². The van der Waals surface area contributed by atoms with Crippen LogP contribution in [0.25, 0.3) is 0 Å². The number of nitrogens with zero attached hydrogens (tertiary/aromatic N) is 1. The maximum atomic E-state index is 6.16. The summed E-state index contributed by atoms with van der Waals surface area (Å²) in [4.78, 5) is 2.23. The van der Waals surface area contributed by atoms with Crippen LogP contribution in [-0.4, -0.2) is 25.0 Å². The summed E-state index contributed by atoms with van der Waals surface area (Å²) in [6.07, 6.45) is 4.04. The van der Waals surface area contributed by atoms with Crippen LogP contribution >= 0.6 is 11.6 Å². The summed E-state index contributed by atoms with van der Waals surface area (Å²) in [7, 11) is 2.08. The van der Waals surface area contributed by atoms with Gasteiger partial charge >= 0.3 is 0 Å². The van der Waals surface area contributed by atoms with Gasteiger partial charge in [-0.15, -0.1) is 0 Å². The number of rotatable bonds is 5. The molecule has 0 amide bonds. The third-order valence-electron chi connectivity index (χ3n) is 2.71. The summed E-state index contributed by atoms with van der Waals surface area (Å²) in [5.41, 5.74) is 6.56. The van der Waals surface area contributed by atoms with Crippen LogP contribution in [0.1, 0.15) is 18.5 Å². The molecule has 0 aliphatic rings. The Hall–Kier alpha value is -0.830. The first-order chi connectivity index (χ1) is 7.66. The van der Waals surface area contributed by atoms with Gasteiger partial charge in [0.1, 0.15) is 0 Å². The molecule has 1 unspecified atom stereocenters. The number of hydrogen-bond donors (Lipinski definition) is 1. The number of likely N-dealkylation sites (N-methyl/N-ethyl adjacent to an activating group) is 1. The highest BCUT2D eigenvalue weighted by atomic mass is 35.5. The minimum Gasteiger partial charge on any atom is -0.327 e. The first-order valence-corrected chi connectivity index (χ1v) is 5.84. The van der Waals surface area contributed by atoms with Gasteiger partial charge in [-0.3, -0.25) is 4.90 Å². The summed E-state index contributed by atoms with van der Waals surface area (Å²) < 4.78 is 0. The molecular formula is C13H19ClN2. The smallest absolute Gasteiger partial charge is 0.0453 e. The third kappa shape index (κ3) is 3.63. The minimum absolute atomic E-state index is 0.302. The van der Waals surface area contributed by atoms with E-state index in [1.807, 2.05) is 24.3 Å². The second-order valence-corrected chi connectivity index (χ2v) is 4.25. The lowest BCUT2D eigenvalue weighted by molar-refractivity contribution is 0.289. The van der Waals surface area contributed by atoms with Gasteiger partial charge in [0.2, 0.25) is 0 Å². The van der Waals surface area contributed by atoms with Gasteiger partial charge in [0.15, 0.2) is 0 Å². The highest BCUT2D eigenvalue weighted by molar-refractivity contribution is 6.31. The standard InChI is InChI=1S/C13H19ClN2/c1-11(16(2)10-6-5-9-15)12-7-3-4-8-13(12)14/h3-8,11H,9-10,15H2,1-2H3. The van der Waals surface area contributed by atoms with Crippen LogP contribution in [0.3, 0.4) is 0 Å². The van der Waals surface area contributed by atoms with Crippen LogP contribution in [0.5, 0.6) is 0 Å². The first-order valence-electron chi connectivity index (χ1n) is 5.46. The predicted molar refractivity (Wildman–Crippen MR) is 70.7 cm³/mol. The van der Waals surface area contributed by atoms with Crippen molar-refractivity contribution >= 4 is 11.6 Å². The van der Waals surface area contributed by atoms with Crippen molar-refractivity contribution in [1.82, 2.24) is 4.90 Å². The molecule has 0 saturated carbocycles. The normalized spacial score (nSPS) is 13.6. The predicted octanol–water partition coefficient (Wildman–Crippen LogP) is 2.85. The van der Waals surface area contributed by atoms with Gasteiger partial charge in [-0.2, -0.15) is 0 Å². The quantitative estimate of drug-likeness (QED) is 0.800. The maximum absolute atomic E-state index is 6.16. The molecule has 1 aromatic carbocycles. The van der Waals surface area contributed by atoms with E-state index in [4.69, 9.17) is 17.3 Å². The summed E-state index contributed by atoms with van der Waals surface area (Å²) in [6, 6.07) is 8.26. The Balaban J connectivity index is 2.66. The Labute approximate surface area is 103 Å². The molecule has 0 aromatic heterocycles. The molecule has 3 heteroatoms. The van der Waals surface area contributed by atoms with Crippen molar-refractivity contribution in [2.75, 3.05) is 20.1 Å². The van der Waals surface area contributed by atoms with Crippen molar-refractivity contribution in [3.05, 3.63) is 47.0 Å². The van der Waals surface area contributed by atoms with Crippen LogP contribution in [0.2, 0.25) is 5.02 Å².